The van der Waals surface area contributed by atoms with Gasteiger partial charge in [-0.15, -0.1) is 0 Å². The van der Waals surface area contributed by atoms with Crippen LogP contribution in [-0.2, 0) is 5.41 Å². The number of nitrogens with zero attached hydrogens (tertiary/aromatic N) is 2. The molecule has 0 atom stereocenters. The van der Waals surface area contributed by atoms with E-state index in [4.69, 9.17) is 9.97 Å². The topological polar surface area (TPSA) is 25.8 Å². The average Bonchev–Trinajstić information content (AvgIpc) is 3.52. The van der Waals surface area contributed by atoms with Crippen molar-refractivity contribution in [2.24, 2.45) is 0 Å². The first kappa shape index (κ1) is 34.3. The van der Waals surface area contributed by atoms with Gasteiger partial charge in [0, 0.05) is 22.1 Å². The Bertz CT molecular complexity index is 2890. The third kappa shape index (κ3) is 6.46. The zero-order valence-corrected chi connectivity index (χ0v) is 32.0. The highest BCUT2D eigenvalue weighted by atomic mass is 14.9. The highest BCUT2D eigenvalue weighted by molar-refractivity contribution is 5.85. The summed E-state index contributed by atoms with van der Waals surface area (Å²) in [7, 11) is 0. The first-order valence-corrected chi connectivity index (χ1v) is 19.6. The van der Waals surface area contributed by atoms with Gasteiger partial charge in [0.15, 0.2) is 5.82 Å². The van der Waals surface area contributed by atoms with Gasteiger partial charge in [-0.3, -0.25) is 0 Å². The predicted octanol–water partition coefficient (Wildman–Crippen LogP) is 14.5. The molecule has 2 heteroatoms. The summed E-state index contributed by atoms with van der Waals surface area (Å²) in [5.41, 5.74) is 19.7. The highest BCUT2D eigenvalue weighted by Gasteiger charge is 2.35. The summed E-state index contributed by atoms with van der Waals surface area (Å²) in [6, 6.07) is 73.7. The number of hydrogen-bond acceptors (Lipinski definition) is 2. The molecule has 270 valence electrons. The standard InChI is InChI=1S/C55H40N2/c1-55(2)50-22-10-9-21-48(50)49-35-45(31-32-51(49)55)41-25-23-40(24-26-41)44-18-12-20-47(34-44)54-56-52(42-29-27-39(28-30-42)37-13-5-3-6-14-37)36-53(57-54)46-19-11-17-43(33-46)38-15-7-4-8-16-38/h3-36H,1-2H3. The summed E-state index contributed by atoms with van der Waals surface area (Å²) in [5, 5.41) is 0. The first-order chi connectivity index (χ1) is 28.0. The molecule has 0 radical (unpaired) electrons. The average molecular weight is 729 g/mol. The Hall–Kier alpha value is -7.16. The first-order valence-electron chi connectivity index (χ1n) is 19.6. The lowest BCUT2D eigenvalue weighted by Crippen LogP contribution is -2.14. The Morgan fingerprint density at radius 3 is 1.33 bits per heavy atom. The van der Waals surface area contributed by atoms with Crippen molar-refractivity contribution < 1.29 is 0 Å². The van der Waals surface area contributed by atoms with E-state index in [9.17, 15) is 0 Å². The maximum absolute atomic E-state index is 5.23. The highest BCUT2D eigenvalue weighted by Crippen LogP contribution is 2.49. The molecular formula is C55H40N2. The number of rotatable bonds is 7. The molecule has 0 fully saturated rings. The third-order valence-corrected chi connectivity index (χ3v) is 11.5. The van der Waals surface area contributed by atoms with Gasteiger partial charge in [-0.2, -0.15) is 0 Å². The van der Waals surface area contributed by atoms with Crippen LogP contribution in [0.5, 0.6) is 0 Å². The number of hydrogen-bond donors (Lipinski definition) is 0. The van der Waals surface area contributed by atoms with Crippen molar-refractivity contribution in [3.8, 4) is 89.5 Å². The largest absolute Gasteiger partial charge is 0.228 e. The lowest BCUT2D eigenvalue weighted by molar-refractivity contribution is 0.660. The van der Waals surface area contributed by atoms with E-state index in [0.29, 0.717) is 5.82 Å². The van der Waals surface area contributed by atoms with Gasteiger partial charge < -0.3 is 0 Å². The Kier molecular flexibility index (Phi) is 8.53. The summed E-state index contributed by atoms with van der Waals surface area (Å²) in [6.07, 6.45) is 0. The van der Waals surface area contributed by atoms with Gasteiger partial charge in [0.25, 0.3) is 0 Å². The van der Waals surface area contributed by atoms with Crippen molar-refractivity contribution in [1.29, 1.82) is 0 Å². The van der Waals surface area contributed by atoms with Crippen molar-refractivity contribution in [2.75, 3.05) is 0 Å². The smallest absolute Gasteiger partial charge is 0.160 e. The van der Waals surface area contributed by atoms with E-state index >= 15 is 0 Å². The lowest BCUT2D eigenvalue weighted by Gasteiger charge is -2.21. The summed E-state index contributed by atoms with van der Waals surface area (Å²) in [5.74, 6) is 0.694. The van der Waals surface area contributed by atoms with Gasteiger partial charge in [0.2, 0.25) is 0 Å². The van der Waals surface area contributed by atoms with E-state index in [1.807, 2.05) is 6.07 Å². The molecule has 57 heavy (non-hydrogen) atoms. The second-order valence-electron chi connectivity index (χ2n) is 15.4. The van der Waals surface area contributed by atoms with Crippen LogP contribution in [-0.4, -0.2) is 9.97 Å². The van der Waals surface area contributed by atoms with Crippen LogP contribution in [0.2, 0.25) is 0 Å². The van der Waals surface area contributed by atoms with Gasteiger partial charge >= 0.3 is 0 Å². The molecule has 0 N–H and O–H groups in total. The van der Waals surface area contributed by atoms with Crippen LogP contribution >= 0.6 is 0 Å². The van der Waals surface area contributed by atoms with Crippen molar-refractivity contribution in [3.05, 3.63) is 217 Å². The second kappa shape index (κ2) is 14.2. The fourth-order valence-corrected chi connectivity index (χ4v) is 8.42. The summed E-state index contributed by atoms with van der Waals surface area (Å²) >= 11 is 0. The van der Waals surface area contributed by atoms with Gasteiger partial charge in [-0.25, -0.2) is 9.97 Å². The summed E-state index contributed by atoms with van der Waals surface area (Å²) < 4.78 is 0. The van der Waals surface area contributed by atoms with Crippen LogP contribution in [0.1, 0.15) is 25.0 Å². The normalized spacial score (nSPS) is 12.5. The minimum Gasteiger partial charge on any atom is -0.228 e. The van der Waals surface area contributed by atoms with Crippen molar-refractivity contribution in [2.45, 2.75) is 19.3 Å². The van der Waals surface area contributed by atoms with Crippen molar-refractivity contribution in [3.63, 3.8) is 0 Å². The van der Waals surface area contributed by atoms with E-state index in [-0.39, 0.29) is 5.41 Å². The monoisotopic (exact) mass is 728 g/mol. The lowest BCUT2D eigenvalue weighted by atomic mass is 9.82. The molecule has 0 bridgehead atoms. The summed E-state index contributed by atoms with van der Waals surface area (Å²) in [4.78, 5) is 10.4. The fourth-order valence-electron chi connectivity index (χ4n) is 8.42. The zero-order valence-electron chi connectivity index (χ0n) is 32.0. The number of fused-ring (bicyclic) bond motifs is 3. The van der Waals surface area contributed by atoms with E-state index in [1.165, 1.54) is 50.1 Å². The van der Waals surface area contributed by atoms with Crippen LogP contribution in [0.4, 0.5) is 0 Å². The van der Waals surface area contributed by atoms with E-state index in [2.05, 4.69) is 214 Å². The van der Waals surface area contributed by atoms with E-state index < -0.39 is 0 Å². The van der Waals surface area contributed by atoms with Crippen LogP contribution < -0.4 is 0 Å². The molecule has 1 aliphatic carbocycles. The molecule has 8 aromatic carbocycles. The minimum absolute atomic E-state index is 0.00250. The van der Waals surface area contributed by atoms with Crippen LogP contribution in [0, 0.1) is 0 Å². The van der Waals surface area contributed by atoms with Crippen LogP contribution in [0.25, 0.3) is 89.5 Å². The van der Waals surface area contributed by atoms with Crippen molar-refractivity contribution >= 4 is 0 Å². The summed E-state index contributed by atoms with van der Waals surface area (Å²) in [6.45, 7) is 4.66. The molecular weight excluding hydrogens is 689 g/mol. The maximum Gasteiger partial charge on any atom is 0.160 e. The molecule has 2 nitrogen and oxygen atoms in total. The van der Waals surface area contributed by atoms with E-state index in [1.54, 1.807) is 0 Å². The maximum atomic E-state index is 5.23. The molecule has 1 aliphatic rings. The Labute approximate surface area is 334 Å². The molecule has 1 heterocycles. The molecule has 0 aliphatic heterocycles. The Morgan fingerprint density at radius 1 is 0.281 bits per heavy atom. The second-order valence-corrected chi connectivity index (χ2v) is 15.4. The number of benzene rings is 8. The molecule has 0 saturated heterocycles. The van der Waals surface area contributed by atoms with Crippen LogP contribution in [0.15, 0.2) is 206 Å². The molecule has 0 amide bonds. The fraction of sp³-hybridized carbons (Fsp3) is 0.0545. The van der Waals surface area contributed by atoms with Gasteiger partial charge in [0.1, 0.15) is 0 Å². The van der Waals surface area contributed by atoms with Gasteiger partial charge in [-0.1, -0.05) is 196 Å². The van der Waals surface area contributed by atoms with Crippen LogP contribution in [0.3, 0.4) is 0 Å². The van der Waals surface area contributed by atoms with Gasteiger partial charge in [-0.05, 0) is 91.0 Å². The van der Waals surface area contributed by atoms with E-state index in [0.717, 1.165) is 44.8 Å². The molecule has 1 aromatic heterocycles. The molecule has 10 rings (SSSR count). The zero-order chi connectivity index (χ0) is 38.3. The third-order valence-electron chi connectivity index (χ3n) is 11.5. The molecule has 9 aromatic rings. The number of aromatic nitrogens is 2. The minimum atomic E-state index is 0.00250. The SMILES string of the molecule is CC1(C)c2ccccc2-c2cc(-c3ccc(-c4cccc(-c5nc(-c6ccc(-c7ccccc7)cc6)cc(-c6cccc(-c7ccccc7)c6)n5)c4)cc3)ccc21. The quantitative estimate of drug-likeness (QED) is 0.163. The molecule has 0 spiro atoms. The molecule has 0 saturated carbocycles. The molecule has 0 unspecified atom stereocenters. The van der Waals surface area contributed by atoms with Crippen molar-refractivity contribution in [1.82, 2.24) is 9.97 Å². The van der Waals surface area contributed by atoms with Gasteiger partial charge in [0.05, 0.1) is 11.4 Å². The Morgan fingerprint density at radius 2 is 0.684 bits per heavy atom. The Balaban J connectivity index is 1.01. The predicted molar refractivity (Wildman–Crippen MR) is 238 cm³/mol.